The Morgan fingerprint density at radius 1 is 1.31 bits per heavy atom. The molecule has 0 spiro atoms. The van der Waals surface area contributed by atoms with E-state index in [1.54, 1.807) is 18.2 Å². The molecule has 1 aromatic carbocycles. The molecule has 0 saturated carbocycles. The third kappa shape index (κ3) is 4.68. The number of nitrogens with one attached hydrogen (secondary N) is 1. The molecule has 26 heavy (non-hydrogen) atoms. The van der Waals surface area contributed by atoms with Gasteiger partial charge in [-0.1, -0.05) is 29.3 Å². The molecule has 0 aliphatic heterocycles. The van der Waals surface area contributed by atoms with Crippen LogP contribution < -0.4 is 10.1 Å². The van der Waals surface area contributed by atoms with Gasteiger partial charge in [0, 0.05) is 23.8 Å². The first-order valence-electron chi connectivity index (χ1n) is 8.30. The molecule has 1 N–H and O–H groups in total. The number of hydrogen-bond acceptors (Lipinski definition) is 3. The van der Waals surface area contributed by atoms with Gasteiger partial charge in [0.2, 0.25) is 5.91 Å². The van der Waals surface area contributed by atoms with Crippen LogP contribution in [0.15, 0.2) is 42.7 Å². The number of nitrogens with zero attached hydrogens (tertiary/aromatic N) is 2. The first-order chi connectivity index (χ1) is 12.5. The quantitative estimate of drug-likeness (QED) is 0.606. The van der Waals surface area contributed by atoms with Gasteiger partial charge in [0.1, 0.15) is 11.4 Å². The van der Waals surface area contributed by atoms with E-state index in [9.17, 15) is 4.79 Å². The summed E-state index contributed by atoms with van der Waals surface area (Å²) in [6.07, 6.45) is 4.83. The smallest absolute Gasteiger partial charge is 0.220 e. The van der Waals surface area contributed by atoms with E-state index in [1.807, 2.05) is 35.9 Å². The minimum atomic E-state index is -0.0374. The van der Waals surface area contributed by atoms with Gasteiger partial charge in [-0.05, 0) is 43.2 Å². The normalized spacial score (nSPS) is 10.9. The minimum absolute atomic E-state index is 0.0374. The lowest BCUT2D eigenvalue weighted by Gasteiger charge is -2.08. The second-order valence-corrected chi connectivity index (χ2v) is 6.80. The van der Waals surface area contributed by atoms with Crippen molar-refractivity contribution in [3.8, 4) is 5.75 Å². The Bertz CT molecular complexity index is 924. The van der Waals surface area contributed by atoms with Gasteiger partial charge in [0.15, 0.2) is 0 Å². The Morgan fingerprint density at radius 2 is 2.15 bits per heavy atom. The maximum absolute atomic E-state index is 12.0. The maximum Gasteiger partial charge on any atom is 0.220 e. The standard InChI is InChI=1S/C19H19Cl2N3O2/c1-13-4-2-8-24-12-15(23-19(13)24)11-22-18(25)5-3-9-26-17-7-6-14(20)10-16(17)21/h2,4,6-8,10,12H,3,5,9,11H2,1H3,(H,22,25). The van der Waals surface area contributed by atoms with E-state index in [-0.39, 0.29) is 5.91 Å². The molecule has 5 nitrogen and oxygen atoms in total. The van der Waals surface area contributed by atoms with Crippen molar-refractivity contribution < 1.29 is 9.53 Å². The lowest BCUT2D eigenvalue weighted by molar-refractivity contribution is -0.121. The van der Waals surface area contributed by atoms with Gasteiger partial charge in [-0.15, -0.1) is 0 Å². The number of carbonyl (C=O) groups excluding carboxylic acids is 1. The lowest BCUT2D eigenvalue weighted by atomic mass is 10.3. The van der Waals surface area contributed by atoms with Crippen LogP contribution in [0.25, 0.3) is 5.65 Å². The van der Waals surface area contributed by atoms with Gasteiger partial charge in [-0.25, -0.2) is 4.98 Å². The molecule has 3 rings (SSSR count). The van der Waals surface area contributed by atoms with Crippen molar-refractivity contribution in [2.24, 2.45) is 0 Å². The molecule has 0 aliphatic carbocycles. The zero-order chi connectivity index (χ0) is 18.5. The number of rotatable bonds is 7. The monoisotopic (exact) mass is 391 g/mol. The second-order valence-electron chi connectivity index (χ2n) is 5.96. The highest BCUT2D eigenvalue weighted by molar-refractivity contribution is 6.35. The third-order valence-electron chi connectivity index (χ3n) is 3.89. The summed E-state index contributed by atoms with van der Waals surface area (Å²) in [7, 11) is 0. The summed E-state index contributed by atoms with van der Waals surface area (Å²) in [5.74, 6) is 0.529. The molecule has 2 heterocycles. The van der Waals surface area contributed by atoms with E-state index < -0.39 is 0 Å². The van der Waals surface area contributed by atoms with Crippen LogP contribution in [0.3, 0.4) is 0 Å². The van der Waals surface area contributed by atoms with Crippen molar-refractivity contribution in [2.45, 2.75) is 26.3 Å². The number of ether oxygens (including phenoxy) is 1. The van der Waals surface area contributed by atoms with Crippen LogP contribution in [0.1, 0.15) is 24.1 Å². The SMILES string of the molecule is Cc1cccn2cc(CNC(=O)CCCOc3ccc(Cl)cc3Cl)nc12. The number of amides is 1. The van der Waals surface area contributed by atoms with Gasteiger partial charge in [0.25, 0.3) is 0 Å². The summed E-state index contributed by atoms with van der Waals surface area (Å²) in [5.41, 5.74) is 2.84. The van der Waals surface area contributed by atoms with Crippen molar-refractivity contribution in [2.75, 3.05) is 6.61 Å². The van der Waals surface area contributed by atoms with Crippen LogP contribution in [0.5, 0.6) is 5.75 Å². The highest BCUT2D eigenvalue weighted by atomic mass is 35.5. The van der Waals surface area contributed by atoms with Crippen LogP contribution in [0, 0.1) is 6.92 Å². The molecule has 1 amide bonds. The van der Waals surface area contributed by atoms with Crippen molar-refractivity contribution in [3.63, 3.8) is 0 Å². The van der Waals surface area contributed by atoms with E-state index in [0.717, 1.165) is 16.9 Å². The number of benzene rings is 1. The van der Waals surface area contributed by atoms with Gasteiger partial charge in [0.05, 0.1) is 23.9 Å². The molecule has 3 aromatic rings. The average Bonchev–Trinajstić information content (AvgIpc) is 3.03. The number of hydrogen-bond donors (Lipinski definition) is 1. The summed E-state index contributed by atoms with van der Waals surface area (Å²) in [6, 6.07) is 9.04. The fourth-order valence-electron chi connectivity index (χ4n) is 2.57. The molecular formula is C19H19Cl2N3O2. The molecule has 0 fully saturated rings. The first kappa shape index (κ1) is 18.5. The van der Waals surface area contributed by atoms with Crippen LogP contribution in [-0.2, 0) is 11.3 Å². The van der Waals surface area contributed by atoms with Crippen molar-refractivity contribution in [3.05, 3.63) is 64.0 Å². The van der Waals surface area contributed by atoms with Gasteiger partial charge in [-0.2, -0.15) is 0 Å². The Hall–Kier alpha value is -2.24. The number of fused-ring (bicyclic) bond motifs is 1. The summed E-state index contributed by atoms with van der Waals surface area (Å²) < 4.78 is 7.53. The zero-order valence-electron chi connectivity index (χ0n) is 14.3. The van der Waals surface area contributed by atoms with Crippen LogP contribution in [0.4, 0.5) is 0 Å². The number of imidazole rings is 1. The number of aromatic nitrogens is 2. The summed E-state index contributed by atoms with van der Waals surface area (Å²) in [6.45, 7) is 2.82. The molecule has 136 valence electrons. The first-order valence-corrected chi connectivity index (χ1v) is 9.06. The van der Waals surface area contributed by atoms with Crippen LogP contribution in [0.2, 0.25) is 10.0 Å². The molecule has 0 unspecified atom stereocenters. The zero-order valence-corrected chi connectivity index (χ0v) is 15.8. The molecular weight excluding hydrogens is 373 g/mol. The van der Waals surface area contributed by atoms with Crippen molar-refractivity contribution in [1.82, 2.24) is 14.7 Å². The lowest BCUT2D eigenvalue weighted by Crippen LogP contribution is -2.23. The molecule has 0 radical (unpaired) electrons. The van der Waals surface area contributed by atoms with Crippen molar-refractivity contribution >= 4 is 34.8 Å². The highest BCUT2D eigenvalue weighted by Crippen LogP contribution is 2.27. The number of pyridine rings is 1. The Morgan fingerprint density at radius 3 is 2.92 bits per heavy atom. The van der Waals surface area contributed by atoms with E-state index in [4.69, 9.17) is 27.9 Å². The summed E-state index contributed by atoms with van der Waals surface area (Å²) >= 11 is 11.9. The predicted octanol–water partition coefficient (Wildman–Crippen LogP) is 4.42. The fourth-order valence-corrected chi connectivity index (χ4v) is 3.04. The fraction of sp³-hybridized carbons (Fsp3) is 0.263. The highest BCUT2D eigenvalue weighted by Gasteiger charge is 2.07. The molecule has 0 aliphatic rings. The second kappa shape index (κ2) is 8.43. The molecule has 2 aromatic heterocycles. The van der Waals surface area contributed by atoms with Crippen LogP contribution >= 0.6 is 23.2 Å². The van der Waals surface area contributed by atoms with E-state index >= 15 is 0 Å². The third-order valence-corrected chi connectivity index (χ3v) is 4.42. The molecule has 0 saturated heterocycles. The van der Waals surface area contributed by atoms with E-state index in [1.165, 1.54) is 0 Å². The van der Waals surface area contributed by atoms with E-state index in [0.29, 0.717) is 41.8 Å². The number of halogens is 2. The molecule has 0 bridgehead atoms. The van der Waals surface area contributed by atoms with E-state index in [2.05, 4.69) is 10.3 Å². The Balaban J connectivity index is 1.42. The molecule has 7 heteroatoms. The predicted molar refractivity (Wildman–Crippen MR) is 103 cm³/mol. The van der Waals surface area contributed by atoms with Gasteiger partial charge < -0.3 is 14.5 Å². The van der Waals surface area contributed by atoms with Gasteiger partial charge >= 0.3 is 0 Å². The Kier molecular flexibility index (Phi) is 6.01. The number of aryl methyl sites for hydroxylation is 1. The maximum atomic E-state index is 12.0. The van der Waals surface area contributed by atoms with Crippen molar-refractivity contribution in [1.29, 1.82) is 0 Å². The summed E-state index contributed by atoms with van der Waals surface area (Å²) in [5, 5.41) is 3.90. The number of carbonyl (C=O) groups is 1. The van der Waals surface area contributed by atoms with Gasteiger partial charge in [-0.3, -0.25) is 4.79 Å². The largest absolute Gasteiger partial charge is 0.492 e. The Labute approximate surface area is 161 Å². The molecule has 0 atom stereocenters. The summed E-state index contributed by atoms with van der Waals surface area (Å²) in [4.78, 5) is 16.5. The average molecular weight is 392 g/mol. The minimum Gasteiger partial charge on any atom is -0.492 e. The van der Waals surface area contributed by atoms with Crippen LogP contribution in [-0.4, -0.2) is 21.9 Å². The topological polar surface area (TPSA) is 55.6 Å².